The molecule has 3 atom stereocenters. The molecule has 0 radical (unpaired) electrons. The third kappa shape index (κ3) is 6.09. The second-order valence-electron chi connectivity index (χ2n) is 10.9. The monoisotopic (exact) mass is 531 g/mol. The summed E-state index contributed by atoms with van der Waals surface area (Å²) in [6, 6.07) is 6.63. The number of nitrogens with zero attached hydrogens (tertiary/aromatic N) is 4. The largest absolute Gasteiger partial charge is 0.381 e. The number of anilines is 2. The molecule has 5 rings (SSSR count). The van der Waals surface area contributed by atoms with Crippen molar-refractivity contribution in [2.45, 2.75) is 51.5 Å². The molecule has 0 spiro atoms. The molecule has 204 valence electrons. The summed E-state index contributed by atoms with van der Waals surface area (Å²) in [6.07, 6.45) is 9.84. The van der Waals surface area contributed by atoms with Gasteiger partial charge >= 0.3 is 6.03 Å². The minimum absolute atomic E-state index is 0.0111. The molecule has 0 bridgehead atoms. The number of carbonyl (C=O) groups excluding carboxylic acids is 2. The van der Waals surface area contributed by atoms with E-state index >= 15 is 0 Å². The van der Waals surface area contributed by atoms with Crippen molar-refractivity contribution in [1.82, 2.24) is 20.3 Å². The molecule has 2 aliphatic rings. The second-order valence-corrected chi connectivity index (χ2v) is 10.9. The van der Waals surface area contributed by atoms with Gasteiger partial charge in [-0.15, -0.1) is 0 Å². The number of amides is 3. The zero-order valence-corrected chi connectivity index (χ0v) is 22.5. The number of nitrogens with one attached hydrogen (secondary N) is 3. The molecule has 3 unspecified atom stereocenters. The highest BCUT2D eigenvalue weighted by molar-refractivity contribution is 5.99. The quantitative estimate of drug-likeness (QED) is 0.434. The van der Waals surface area contributed by atoms with Crippen molar-refractivity contribution in [2.75, 3.05) is 23.8 Å². The first-order chi connectivity index (χ1) is 18.7. The summed E-state index contributed by atoms with van der Waals surface area (Å²) in [5.74, 6) is 0.718. The van der Waals surface area contributed by atoms with Crippen molar-refractivity contribution in [2.24, 2.45) is 10.9 Å². The SMILES string of the molecule is Cc1ccc(NC(=O)Nc2cc(C(C)(C)C)on2)cc1-n1cc(C2C=NC=CC2NC(=O)C2CCOC2)cn1. The fraction of sp³-hybridized carbons (Fsp3) is 0.393. The first-order valence-corrected chi connectivity index (χ1v) is 13.0. The van der Waals surface area contributed by atoms with Gasteiger partial charge in [-0.3, -0.25) is 15.1 Å². The minimum Gasteiger partial charge on any atom is -0.381 e. The van der Waals surface area contributed by atoms with E-state index in [-0.39, 0.29) is 29.2 Å². The van der Waals surface area contributed by atoms with Crippen LogP contribution in [0.15, 0.2) is 58.5 Å². The van der Waals surface area contributed by atoms with Crippen LogP contribution < -0.4 is 16.0 Å². The van der Waals surface area contributed by atoms with Crippen LogP contribution in [-0.4, -0.2) is 52.3 Å². The Balaban J connectivity index is 1.28. The molecule has 3 aromatic rings. The summed E-state index contributed by atoms with van der Waals surface area (Å²) in [4.78, 5) is 29.6. The van der Waals surface area contributed by atoms with E-state index in [1.165, 1.54) is 0 Å². The zero-order chi connectivity index (χ0) is 27.6. The number of rotatable bonds is 6. The first kappa shape index (κ1) is 26.4. The Morgan fingerprint density at radius 1 is 1.15 bits per heavy atom. The van der Waals surface area contributed by atoms with Gasteiger partial charge in [0, 0.05) is 53.9 Å². The van der Waals surface area contributed by atoms with Gasteiger partial charge < -0.3 is 19.9 Å². The number of hydrogen-bond donors (Lipinski definition) is 3. The third-order valence-corrected chi connectivity index (χ3v) is 6.81. The molecule has 1 saturated heterocycles. The Morgan fingerprint density at radius 3 is 2.74 bits per heavy atom. The smallest absolute Gasteiger partial charge is 0.324 e. The average Bonchev–Trinajstić information content (AvgIpc) is 3.67. The number of aryl methyl sites for hydroxylation is 1. The van der Waals surface area contributed by atoms with Crippen LogP contribution in [0.25, 0.3) is 5.69 Å². The fourth-order valence-electron chi connectivity index (χ4n) is 4.49. The van der Waals surface area contributed by atoms with E-state index in [1.807, 2.05) is 64.4 Å². The molecule has 3 N–H and O–H groups in total. The van der Waals surface area contributed by atoms with E-state index in [4.69, 9.17) is 9.26 Å². The minimum atomic E-state index is -0.434. The van der Waals surface area contributed by atoms with Gasteiger partial charge in [-0.25, -0.2) is 9.48 Å². The molecule has 2 aliphatic heterocycles. The number of aromatic nitrogens is 3. The van der Waals surface area contributed by atoms with E-state index in [1.54, 1.807) is 23.1 Å². The van der Waals surface area contributed by atoms with Crippen LogP contribution in [0.1, 0.15) is 50.0 Å². The van der Waals surface area contributed by atoms with E-state index < -0.39 is 6.03 Å². The molecular weight excluding hydrogens is 498 g/mol. The van der Waals surface area contributed by atoms with Crippen LogP contribution >= 0.6 is 0 Å². The normalized spacial score (nSPS) is 20.7. The maximum absolute atomic E-state index is 12.7. The predicted octanol–water partition coefficient (Wildman–Crippen LogP) is 4.31. The lowest BCUT2D eigenvalue weighted by Gasteiger charge is -2.24. The molecule has 11 heteroatoms. The predicted molar refractivity (Wildman–Crippen MR) is 147 cm³/mol. The van der Waals surface area contributed by atoms with E-state index in [2.05, 4.69) is 31.2 Å². The first-order valence-electron chi connectivity index (χ1n) is 13.0. The second kappa shape index (κ2) is 10.9. The lowest BCUT2D eigenvalue weighted by atomic mass is 9.92. The van der Waals surface area contributed by atoms with Crippen LogP contribution in [0.5, 0.6) is 0 Å². The maximum atomic E-state index is 12.7. The lowest BCUT2D eigenvalue weighted by Crippen LogP contribution is -2.42. The van der Waals surface area contributed by atoms with Crippen molar-refractivity contribution in [3.63, 3.8) is 0 Å². The maximum Gasteiger partial charge on any atom is 0.324 e. The molecule has 0 saturated carbocycles. The molecule has 0 aliphatic carbocycles. The molecule has 1 fully saturated rings. The Bertz CT molecular complexity index is 1410. The number of hydrogen-bond acceptors (Lipinski definition) is 7. The van der Waals surface area contributed by atoms with Gasteiger partial charge in [-0.2, -0.15) is 5.10 Å². The van der Waals surface area contributed by atoms with Gasteiger partial charge in [-0.1, -0.05) is 32.0 Å². The van der Waals surface area contributed by atoms with E-state index in [0.29, 0.717) is 30.5 Å². The van der Waals surface area contributed by atoms with Crippen LogP contribution in [0.2, 0.25) is 0 Å². The van der Waals surface area contributed by atoms with Gasteiger partial charge in [0.2, 0.25) is 5.91 Å². The Morgan fingerprint density at radius 2 is 2.00 bits per heavy atom. The third-order valence-electron chi connectivity index (χ3n) is 6.81. The Kier molecular flexibility index (Phi) is 7.34. The van der Waals surface area contributed by atoms with Gasteiger partial charge in [-0.05, 0) is 37.1 Å². The molecule has 2 aromatic heterocycles. The Labute approximate surface area is 226 Å². The topological polar surface area (TPSA) is 136 Å². The van der Waals surface area contributed by atoms with Crippen LogP contribution in [0, 0.1) is 12.8 Å². The summed E-state index contributed by atoms with van der Waals surface area (Å²) in [5, 5.41) is 17.2. The summed E-state index contributed by atoms with van der Waals surface area (Å²) in [7, 11) is 0. The van der Waals surface area contributed by atoms with Gasteiger partial charge in [0.1, 0.15) is 5.76 Å². The van der Waals surface area contributed by atoms with Gasteiger partial charge in [0.25, 0.3) is 0 Å². The zero-order valence-electron chi connectivity index (χ0n) is 22.5. The molecular formula is C28H33N7O4. The van der Waals surface area contributed by atoms with Crippen molar-refractivity contribution < 1.29 is 18.8 Å². The number of benzene rings is 1. The summed E-state index contributed by atoms with van der Waals surface area (Å²) in [6.45, 7) is 9.06. The van der Waals surface area contributed by atoms with Crippen molar-refractivity contribution in [1.29, 1.82) is 0 Å². The van der Waals surface area contributed by atoms with Crippen LogP contribution in [-0.2, 0) is 14.9 Å². The summed E-state index contributed by atoms with van der Waals surface area (Å²) >= 11 is 0. The number of urea groups is 1. The van der Waals surface area contributed by atoms with Crippen molar-refractivity contribution in [3.8, 4) is 5.69 Å². The summed E-state index contributed by atoms with van der Waals surface area (Å²) in [5.41, 5.74) is 3.07. The Hall–Kier alpha value is -4.25. The van der Waals surface area contributed by atoms with Crippen molar-refractivity contribution >= 4 is 29.7 Å². The van der Waals surface area contributed by atoms with Gasteiger partial charge in [0.05, 0.1) is 30.5 Å². The van der Waals surface area contributed by atoms with E-state index in [9.17, 15) is 9.59 Å². The molecule has 11 nitrogen and oxygen atoms in total. The number of aliphatic imine (C=N–C) groups is 1. The lowest BCUT2D eigenvalue weighted by molar-refractivity contribution is -0.125. The van der Waals surface area contributed by atoms with Gasteiger partial charge in [0.15, 0.2) is 5.82 Å². The van der Waals surface area contributed by atoms with Crippen molar-refractivity contribution in [3.05, 3.63) is 65.8 Å². The average molecular weight is 532 g/mol. The number of ether oxygens (including phenoxy) is 1. The highest BCUT2D eigenvalue weighted by atomic mass is 16.5. The van der Waals surface area contributed by atoms with Crippen LogP contribution in [0.4, 0.5) is 16.3 Å². The molecule has 1 aromatic carbocycles. The fourth-order valence-corrected chi connectivity index (χ4v) is 4.49. The highest BCUT2D eigenvalue weighted by Gasteiger charge is 2.29. The molecule has 39 heavy (non-hydrogen) atoms. The standard InChI is InChI=1S/C28H33N7O4/c1-17-5-6-20(31-27(37)33-25-12-24(39-34-25)28(2,3)4)11-23(17)35-15-19(13-30-35)21-14-29-9-7-22(21)32-26(36)18-8-10-38-16-18/h5-7,9,11-15,18,21-22H,8,10,16H2,1-4H3,(H,32,36)(H2,31,33,34,37). The number of carbonyl (C=O) groups is 2. The highest BCUT2D eigenvalue weighted by Crippen LogP contribution is 2.27. The molecule has 4 heterocycles. The molecule has 3 amide bonds. The summed E-state index contributed by atoms with van der Waals surface area (Å²) < 4.78 is 12.5. The van der Waals surface area contributed by atoms with Crippen LogP contribution in [0.3, 0.4) is 0 Å². The van der Waals surface area contributed by atoms with E-state index in [0.717, 1.165) is 23.2 Å².